The molecular weight excluding hydrogens is 254 g/mol. The molecule has 19 heavy (non-hydrogen) atoms. The van der Waals surface area contributed by atoms with E-state index in [0.29, 0.717) is 0 Å². The number of hydrogen-bond donors (Lipinski definition) is 1. The van der Waals surface area contributed by atoms with Gasteiger partial charge in [0.1, 0.15) is 5.60 Å². The average molecular weight is 275 g/mol. The minimum atomic E-state index is -1.48. The Morgan fingerprint density at radius 3 is 1.79 bits per heavy atom. The predicted molar refractivity (Wildman–Crippen MR) is 66.3 cm³/mol. The summed E-state index contributed by atoms with van der Waals surface area (Å²) in [5.74, 6) is -2.33. The topological polar surface area (TPSA) is 90.9 Å². The molecule has 0 saturated heterocycles. The molecule has 0 bridgehead atoms. The van der Waals surface area contributed by atoms with Gasteiger partial charge in [0.15, 0.2) is 0 Å². The Balaban J connectivity index is 4.91. The van der Waals surface area contributed by atoms with Gasteiger partial charge in [-0.05, 0) is 27.7 Å². The van der Waals surface area contributed by atoms with Crippen molar-refractivity contribution in [1.82, 2.24) is 5.32 Å². The fraction of sp³-hybridized carbons (Fsp3) is 0.750. The van der Waals surface area contributed by atoms with Gasteiger partial charge in [-0.25, -0.2) is 9.59 Å². The molecule has 0 unspecified atom stereocenters. The van der Waals surface area contributed by atoms with E-state index in [9.17, 15) is 14.4 Å². The van der Waals surface area contributed by atoms with Gasteiger partial charge in [-0.3, -0.25) is 4.79 Å². The molecule has 1 amide bonds. The first-order valence-electron chi connectivity index (χ1n) is 5.99. The highest BCUT2D eigenvalue weighted by atomic mass is 16.6. The molecule has 0 rings (SSSR count). The van der Waals surface area contributed by atoms with E-state index in [2.05, 4.69) is 5.32 Å². The Hall–Kier alpha value is -1.63. The molecule has 0 radical (unpaired) electrons. The second-order valence-corrected chi connectivity index (χ2v) is 4.13. The maximum Gasteiger partial charge on any atom is 0.340 e. The largest absolute Gasteiger partial charge is 0.464 e. The molecular formula is C12H21NO6. The molecule has 0 atom stereocenters. The number of rotatable bonds is 7. The molecule has 7 heteroatoms. The van der Waals surface area contributed by atoms with Crippen LogP contribution in [0.5, 0.6) is 0 Å². The van der Waals surface area contributed by atoms with E-state index in [4.69, 9.17) is 14.2 Å². The summed E-state index contributed by atoms with van der Waals surface area (Å²) in [6.45, 7) is 6.41. The molecule has 0 aliphatic heterocycles. The zero-order chi connectivity index (χ0) is 15.1. The number of carbonyl (C=O) groups is 3. The van der Waals surface area contributed by atoms with Crippen molar-refractivity contribution in [2.75, 3.05) is 20.3 Å². The van der Waals surface area contributed by atoms with Crippen molar-refractivity contribution in [3.8, 4) is 0 Å². The van der Waals surface area contributed by atoms with Gasteiger partial charge in [-0.1, -0.05) is 0 Å². The predicted octanol–water partition coefficient (Wildman–Crippen LogP) is 0.0224. The summed E-state index contributed by atoms with van der Waals surface area (Å²) in [6, 6.07) is -1.48. The molecule has 0 aromatic carbocycles. The second-order valence-electron chi connectivity index (χ2n) is 4.13. The number of carbonyl (C=O) groups excluding carboxylic acids is 3. The second kappa shape index (κ2) is 7.73. The Morgan fingerprint density at radius 1 is 1.05 bits per heavy atom. The van der Waals surface area contributed by atoms with E-state index in [-0.39, 0.29) is 13.2 Å². The monoisotopic (exact) mass is 275 g/mol. The van der Waals surface area contributed by atoms with Crippen LogP contribution in [0.15, 0.2) is 0 Å². The highest BCUT2D eigenvalue weighted by molar-refractivity contribution is 6.03. The molecule has 0 aliphatic carbocycles. The van der Waals surface area contributed by atoms with Crippen molar-refractivity contribution in [3.05, 3.63) is 0 Å². The summed E-state index contributed by atoms with van der Waals surface area (Å²) in [5, 5.41) is 2.26. The van der Waals surface area contributed by atoms with Gasteiger partial charge in [0, 0.05) is 7.11 Å². The molecule has 1 N–H and O–H groups in total. The number of esters is 2. The fourth-order valence-electron chi connectivity index (χ4n) is 1.06. The van der Waals surface area contributed by atoms with E-state index in [0.717, 1.165) is 0 Å². The van der Waals surface area contributed by atoms with Gasteiger partial charge in [0.2, 0.25) is 6.04 Å². The van der Waals surface area contributed by atoms with Crippen LogP contribution in [-0.4, -0.2) is 49.8 Å². The molecule has 0 saturated carbocycles. The summed E-state index contributed by atoms with van der Waals surface area (Å²) in [5.41, 5.74) is -1.17. The molecule has 0 aromatic rings. The van der Waals surface area contributed by atoms with Crippen LogP contribution in [0.1, 0.15) is 27.7 Å². The van der Waals surface area contributed by atoms with E-state index >= 15 is 0 Å². The fourth-order valence-corrected chi connectivity index (χ4v) is 1.06. The normalized spacial score (nSPS) is 11.1. The van der Waals surface area contributed by atoms with Gasteiger partial charge in [-0.2, -0.15) is 0 Å². The van der Waals surface area contributed by atoms with E-state index in [1.165, 1.54) is 21.0 Å². The summed E-state index contributed by atoms with van der Waals surface area (Å²) in [7, 11) is 1.35. The van der Waals surface area contributed by atoms with Gasteiger partial charge in [-0.15, -0.1) is 0 Å². The average Bonchev–Trinajstić information content (AvgIpc) is 2.35. The number of methoxy groups -OCH3 is 1. The van der Waals surface area contributed by atoms with Gasteiger partial charge < -0.3 is 19.5 Å². The van der Waals surface area contributed by atoms with E-state index < -0.39 is 29.5 Å². The maximum absolute atomic E-state index is 11.9. The van der Waals surface area contributed by atoms with Crippen LogP contribution in [0.25, 0.3) is 0 Å². The summed E-state index contributed by atoms with van der Waals surface area (Å²) in [6.07, 6.45) is 0. The molecule has 0 fully saturated rings. The third kappa shape index (κ3) is 5.25. The minimum Gasteiger partial charge on any atom is -0.464 e. The smallest absolute Gasteiger partial charge is 0.340 e. The summed E-state index contributed by atoms with van der Waals surface area (Å²) < 4.78 is 14.4. The quantitative estimate of drug-likeness (QED) is 0.520. The van der Waals surface area contributed by atoms with E-state index in [1.54, 1.807) is 13.8 Å². The molecule has 0 aromatic heterocycles. The minimum absolute atomic E-state index is 0.0955. The molecule has 7 nitrogen and oxygen atoms in total. The number of nitrogens with one attached hydrogen (secondary N) is 1. The Morgan fingerprint density at radius 2 is 1.47 bits per heavy atom. The van der Waals surface area contributed by atoms with Crippen LogP contribution >= 0.6 is 0 Å². The standard InChI is InChI=1S/C12H21NO6/c1-6-18-9(14)8(10(15)19-7-2)13-11(16)12(3,4)17-5/h8H,6-7H2,1-5H3,(H,13,16). The number of amides is 1. The van der Waals surface area contributed by atoms with Crippen LogP contribution in [-0.2, 0) is 28.6 Å². The Labute approximate surface area is 112 Å². The van der Waals surface area contributed by atoms with Crippen molar-refractivity contribution in [2.24, 2.45) is 0 Å². The van der Waals surface area contributed by atoms with Crippen molar-refractivity contribution in [1.29, 1.82) is 0 Å². The van der Waals surface area contributed by atoms with Crippen LogP contribution < -0.4 is 5.32 Å². The van der Waals surface area contributed by atoms with Crippen molar-refractivity contribution in [2.45, 2.75) is 39.3 Å². The molecule has 110 valence electrons. The highest BCUT2D eigenvalue weighted by Crippen LogP contribution is 2.08. The lowest BCUT2D eigenvalue weighted by atomic mass is 10.1. The van der Waals surface area contributed by atoms with Crippen LogP contribution in [0.2, 0.25) is 0 Å². The number of hydrogen-bond acceptors (Lipinski definition) is 6. The third-order valence-corrected chi connectivity index (χ3v) is 2.38. The third-order valence-electron chi connectivity index (χ3n) is 2.38. The Kier molecular flexibility index (Phi) is 7.06. The summed E-state index contributed by atoms with van der Waals surface area (Å²) in [4.78, 5) is 35.1. The number of ether oxygens (including phenoxy) is 3. The zero-order valence-electron chi connectivity index (χ0n) is 11.9. The Bertz CT molecular complexity index is 321. The van der Waals surface area contributed by atoms with Crippen molar-refractivity contribution >= 4 is 17.8 Å². The summed E-state index contributed by atoms with van der Waals surface area (Å²) >= 11 is 0. The van der Waals surface area contributed by atoms with E-state index in [1.807, 2.05) is 0 Å². The molecule has 0 spiro atoms. The van der Waals surface area contributed by atoms with Gasteiger partial charge in [0.25, 0.3) is 5.91 Å². The molecule has 0 aliphatic rings. The lowest BCUT2D eigenvalue weighted by Gasteiger charge is -2.24. The van der Waals surface area contributed by atoms with Crippen LogP contribution in [0.3, 0.4) is 0 Å². The maximum atomic E-state index is 11.9. The van der Waals surface area contributed by atoms with Gasteiger partial charge >= 0.3 is 11.9 Å². The SMILES string of the molecule is CCOC(=O)C(NC(=O)C(C)(C)OC)C(=O)OCC. The van der Waals surface area contributed by atoms with Crippen LogP contribution in [0.4, 0.5) is 0 Å². The van der Waals surface area contributed by atoms with Gasteiger partial charge in [0.05, 0.1) is 13.2 Å². The lowest BCUT2D eigenvalue weighted by Crippen LogP contribution is -2.54. The zero-order valence-corrected chi connectivity index (χ0v) is 11.9. The van der Waals surface area contributed by atoms with Crippen LogP contribution in [0, 0.1) is 0 Å². The first-order chi connectivity index (χ1) is 8.80. The highest BCUT2D eigenvalue weighted by Gasteiger charge is 2.36. The first-order valence-corrected chi connectivity index (χ1v) is 5.99. The first kappa shape index (κ1) is 17.4. The molecule has 0 heterocycles. The van der Waals surface area contributed by atoms with Crippen molar-refractivity contribution in [3.63, 3.8) is 0 Å². The van der Waals surface area contributed by atoms with Crippen molar-refractivity contribution < 1.29 is 28.6 Å². The lowest BCUT2D eigenvalue weighted by molar-refractivity contribution is -0.161.